The molecular formula is C21H32O4. The third-order valence-corrected chi connectivity index (χ3v) is 4.90. The third kappa shape index (κ3) is 5.82. The molecule has 0 radical (unpaired) electrons. The summed E-state index contributed by atoms with van der Waals surface area (Å²) >= 11 is 0. The highest BCUT2D eigenvalue weighted by molar-refractivity contribution is 5.89. The van der Waals surface area contributed by atoms with Gasteiger partial charge >= 0.3 is 5.97 Å². The summed E-state index contributed by atoms with van der Waals surface area (Å²) in [6.07, 6.45) is 4.39. The number of hydrogen-bond donors (Lipinski definition) is 0. The van der Waals surface area contributed by atoms with Crippen LogP contribution in [-0.2, 0) is 14.2 Å². The number of rotatable bonds is 3. The standard InChI is InChI=1S/C19H26O4.C2H6/c1-13-3-7-15(8-4-13)18(20)23-17-11-21-19(22-12-17)16-9-5-14(2)6-10-16;1-2/h3-4,7-8,14,16-17,19H,5-6,9-12H2,1-2H3;1-2H3. The van der Waals surface area contributed by atoms with E-state index in [4.69, 9.17) is 14.2 Å². The Bertz CT molecular complexity index is 509. The van der Waals surface area contributed by atoms with Crippen LogP contribution in [0.3, 0.4) is 0 Å². The molecule has 1 aromatic carbocycles. The first-order chi connectivity index (χ1) is 12.1. The molecule has 0 spiro atoms. The van der Waals surface area contributed by atoms with Gasteiger partial charge in [-0.05, 0) is 37.8 Å². The summed E-state index contributed by atoms with van der Waals surface area (Å²) in [5, 5.41) is 0. The minimum atomic E-state index is -0.317. The predicted octanol–water partition coefficient (Wildman–Crippen LogP) is 4.75. The molecule has 3 rings (SSSR count). The summed E-state index contributed by atoms with van der Waals surface area (Å²) in [7, 11) is 0. The molecule has 0 amide bonds. The average Bonchev–Trinajstić information content (AvgIpc) is 2.65. The van der Waals surface area contributed by atoms with Crippen LogP contribution in [0.1, 0.15) is 62.4 Å². The highest BCUT2D eigenvalue weighted by atomic mass is 16.7. The van der Waals surface area contributed by atoms with Crippen LogP contribution in [0.4, 0.5) is 0 Å². The first kappa shape index (κ1) is 19.9. The zero-order valence-electron chi connectivity index (χ0n) is 16.0. The van der Waals surface area contributed by atoms with Crippen LogP contribution < -0.4 is 0 Å². The molecule has 1 heterocycles. The summed E-state index contributed by atoms with van der Waals surface area (Å²) < 4.78 is 17.1. The van der Waals surface area contributed by atoms with Crippen molar-refractivity contribution in [2.75, 3.05) is 13.2 Å². The molecular weight excluding hydrogens is 316 g/mol. The van der Waals surface area contributed by atoms with Crippen LogP contribution in [0.2, 0.25) is 0 Å². The van der Waals surface area contributed by atoms with Gasteiger partial charge in [-0.25, -0.2) is 4.79 Å². The van der Waals surface area contributed by atoms with E-state index in [1.165, 1.54) is 25.7 Å². The fourth-order valence-corrected chi connectivity index (χ4v) is 3.31. The van der Waals surface area contributed by atoms with Crippen molar-refractivity contribution in [1.29, 1.82) is 0 Å². The van der Waals surface area contributed by atoms with Gasteiger partial charge in [0.15, 0.2) is 6.29 Å². The van der Waals surface area contributed by atoms with Gasteiger partial charge in [0.2, 0.25) is 0 Å². The van der Waals surface area contributed by atoms with E-state index < -0.39 is 0 Å². The molecule has 4 nitrogen and oxygen atoms in total. The second-order valence-corrected chi connectivity index (χ2v) is 6.95. The number of carbonyl (C=O) groups excluding carboxylic acids is 1. The quantitative estimate of drug-likeness (QED) is 0.740. The molecule has 2 aliphatic rings. The first-order valence-corrected chi connectivity index (χ1v) is 9.62. The van der Waals surface area contributed by atoms with Gasteiger partial charge in [0.05, 0.1) is 18.8 Å². The number of carbonyl (C=O) groups is 1. The largest absolute Gasteiger partial charge is 0.454 e. The predicted molar refractivity (Wildman–Crippen MR) is 98.5 cm³/mol. The molecule has 2 fully saturated rings. The van der Waals surface area contributed by atoms with E-state index in [2.05, 4.69) is 6.92 Å². The minimum absolute atomic E-state index is 0.128. The maximum atomic E-state index is 12.1. The Labute approximate surface area is 151 Å². The van der Waals surface area contributed by atoms with Crippen LogP contribution >= 0.6 is 0 Å². The molecule has 0 N–H and O–H groups in total. The van der Waals surface area contributed by atoms with Crippen molar-refractivity contribution in [3.05, 3.63) is 35.4 Å². The van der Waals surface area contributed by atoms with E-state index in [0.717, 1.165) is 11.5 Å². The van der Waals surface area contributed by atoms with Gasteiger partial charge in [0.1, 0.15) is 6.10 Å². The van der Waals surface area contributed by atoms with Crippen LogP contribution in [0.5, 0.6) is 0 Å². The highest BCUT2D eigenvalue weighted by Crippen LogP contribution is 2.33. The van der Waals surface area contributed by atoms with E-state index >= 15 is 0 Å². The lowest BCUT2D eigenvalue weighted by Gasteiger charge is -2.36. The number of aryl methyl sites for hydroxylation is 1. The Kier molecular flexibility index (Phi) is 7.91. The third-order valence-electron chi connectivity index (χ3n) is 4.90. The van der Waals surface area contributed by atoms with Gasteiger partial charge in [-0.2, -0.15) is 0 Å². The van der Waals surface area contributed by atoms with Crippen molar-refractivity contribution in [2.45, 2.75) is 65.8 Å². The Morgan fingerprint density at radius 2 is 1.56 bits per heavy atom. The second-order valence-electron chi connectivity index (χ2n) is 6.95. The number of benzene rings is 1. The molecule has 0 aromatic heterocycles. The van der Waals surface area contributed by atoms with Crippen LogP contribution in [0.25, 0.3) is 0 Å². The summed E-state index contributed by atoms with van der Waals surface area (Å²) in [5.74, 6) is 0.991. The number of hydrogen-bond acceptors (Lipinski definition) is 4. The summed E-state index contributed by atoms with van der Waals surface area (Å²) in [4.78, 5) is 12.1. The highest BCUT2D eigenvalue weighted by Gasteiger charge is 2.32. The molecule has 0 bridgehead atoms. The second kappa shape index (κ2) is 9.93. The molecule has 1 aliphatic heterocycles. The molecule has 1 saturated carbocycles. The Hall–Kier alpha value is -1.39. The van der Waals surface area contributed by atoms with Crippen molar-refractivity contribution >= 4 is 5.97 Å². The molecule has 4 heteroatoms. The van der Waals surface area contributed by atoms with Gasteiger partial charge in [0.25, 0.3) is 0 Å². The Morgan fingerprint density at radius 1 is 1.00 bits per heavy atom. The molecule has 140 valence electrons. The van der Waals surface area contributed by atoms with Crippen LogP contribution in [0, 0.1) is 18.8 Å². The summed E-state index contributed by atoms with van der Waals surface area (Å²) in [6, 6.07) is 7.39. The topological polar surface area (TPSA) is 44.8 Å². The fraction of sp³-hybridized carbons (Fsp3) is 0.667. The number of ether oxygens (including phenoxy) is 3. The van der Waals surface area contributed by atoms with Crippen molar-refractivity contribution in [3.8, 4) is 0 Å². The van der Waals surface area contributed by atoms with Crippen LogP contribution in [0.15, 0.2) is 24.3 Å². The molecule has 1 saturated heterocycles. The monoisotopic (exact) mass is 348 g/mol. The van der Waals surface area contributed by atoms with Gasteiger partial charge in [-0.1, -0.05) is 51.3 Å². The van der Waals surface area contributed by atoms with Crippen molar-refractivity contribution in [3.63, 3.8) is 0 Å². The zero-order chi connectivity index (χ0) is 18.2. The lowest BCUT2D eigenvalue weighted by Crippen LogP contribution is -2.42. The smallest absolute Gasteiger partial charge is 0.338 e. The molecule has 25 heavy (non-hydrogen) atoms. The van der Waals surface area contributed by atoms with Gasteiger partial charge in [-0.3, -0.25) is 0 Å². The molecule has 0 atom stereocenters. The van der Waals surface area contributed by atoms with Crippen molar-refractivity contribution in [2.24, 2.45) is 11.8 Å². The SMILES string of the molecule is CC.Cc1ccc(C(=O)OC2COC(C3CCC(C)CC3)OC2)cc1. The molecule has 1 aromatic rings. The van der Waals surface area contributed by atoms with Gasteiger partial charge in [-0.15, -0.1) is 0 Å². The lowest BCUT2D eigenvalue weighted by atomic mass is 9.82. The van der Waals surface area contributed by atoms with E-state index in [1.54, 1.807) is 12.1 Å². The van der Waals surface area contributed by atoms with E-state index in [-0.39, 0.29) is 18.4 Å². The van der Waals surface area contributed by atoms with Crippen molar-refractivity contribution < 1.29 is 19.0 Å². The number of esters is 1. The average molecular weight is 348 g/mol. The maximum Gasteiger partial charge on any atom is 0.338 e. The molecule has 1 aliphatic carbocycles. The Balaban J connectivity index is 0.00000109. The summed E-state index contributed by atoms with van der Waals surface area (Å²) in [6.45, 7) is 9.14. The van der Waals surface area contributed by atoms with Crippen molar-refractivity contribution in [1.82, 2.24) is 0 Å². The van der Waals surface area contributed by atoms with Gasteiger partial charge in [0, 0.05) is 5.92 Å². The summed E-state index contributed by atoms with van der Waals surface area (Å²) in [5.41, 5.74) is 1.69. The normalized spacial score (nSPS) is 29.3. The Morgan fingerprint density at radius 3 is 2.12 bits per heavy atom. The van der Waals surface area contributed by atoms with E-state index in [9.17, 15) is 4.79 Å². The van der Waals surface area contributed by atoms with Gasteiger partial charge < -0.3 is 14.2 Å². The fourth-order valence-electron chi connectivity index (χ4n) is 3.31. The molecule has 0 unspecified atom stereocenters. The minimum Gasteiger partial charge on any atom is -0.454 e. The van der Waals surface area contributed by atoms with E-state index in [0.29, 0.717) is 24.7 Å². The lowest BCUT2D eigenvalue weighted by molar-refractivity contribution is -0.241. The first-order valence-electron chi connectivity index (χ1n) is 9.62. The van der Waals surface area contributed by atoms with Crippen LogP contribution in [-0.4, -0.2) is 31.6 Å². The zero-order valence-corrected chi connectivity index (χ0v) is 16.0. The van der Waals surface area contributed by atoms with E-state index in [1.807, 2.05) is 32.9 Å². The maximum absolute atomic E-state index is 12.1.